The van der Waals surface area contributed by atoms with E-state index >= 15 is 0 Å². The second kappa shape index (κ2) is 7.09. The van der Waals surface area contributed by atoms with Crippen LogP contribution in [0.5, 0.6) is 0 Å². The number of para-hydroxylation sites is 1. The van der Waals surface area contributed by atoms with Gasteiger partial charge < -0.3 is 19.1 Å². The minimum atomic E-state index is -0.364. The van der Waals surface area contributed by atoms with Crippen LogP contribution in [0.1, 0.15) is 22.1 Å². The van der Waals surface area contributed by atoms with Crippen LogP contribution in [0.2, 0.25) is 0 Å². The molecule has 1 aliphatic heterocycles. The molecule has 1 aromatic carbocycles. The Balaban J connectivity index is 1.45. The summed E-state index contributed by atoms with van der Waals surface area (Å²) in [7, 11) is 0. The molecule has 3 aromatic rings. The molecule has 2 aromatic heterocycles. The first-order valence-corrected chi connectivity index (χ1v) is 8.96. The van der Waals surface area contributed by atoms with Crippen molar-refractivity contribution in [3.8, 4) is 0 Å². The van der Waals surface area contributed by atoms with E-state index in [0.717, 1.165) is 10.6 Å². The number of nitrogens with zero attached hydrogens (tertiary/aromatic N) is 2. The van der Waals surface area contributed by atoms with Crippen molar-refractivity contribution in [1.29, 1.82) is 0 Å². The minimum Gasteiger partial charge on any atom is -0.467 e. The minimum absolute atomic E-state index is 0.0179. The monoisotopic (exact) mass is 369 g/mol. The van der Waals surface area contributed by atoms with E-state index in [1.54, 1.807) is 23.3 Å². The molecule has 0 fully saturated rings. The Morgan fingerprint density at radius 1 is 1.23 bits per heavy atom. The summed E-state index contributed by atoms with van der Waals surface area (Å²) >= 11 is 1.51. The average molecular weight is 369 g/mol. The van der Waals surface area contributed by atoms with Gasteiger partial charge in [0.15, 0.2) is 5.69 Å². The molecule has 0 saturated heterocycles. The largest absolute Gasteiger partial charge is 0.467 e. The van der Waals surface area contributed by atoms with Crippen LogP contribution in [0.3, 0.4) is 0 Å². The molecule has 1 N–H and O–H groups in total. The van der Waals surface area contributed by atoms with Gasteiger partial charge in [-0.2, -0.15) is 0 Å². The molecule has 26 heavy (non-hydrogen) atoms. The van der Waals surface area contributed by atoms with Crippen LogP contribution in [0.25, 0.3) is 0 Å². The Bertz CT molecular complexity index is 936. The van der Waals surface area contributed by atoms with Crippen molar-refractivity contribution in [3.05, 3.63) is 66.3 Å². The van der Waals surface area contributed by atoms with E-state index in [2.05, 4.69) is 10.3 Å². The fourth-order valence-electron chi connectivity index (χ4n) is 2.62. The topological polar surface area (TPSA) is 88.6 Å². The van der Waals surface area contributed by atoms with E-state index in [1.807, 2.05) is 24.3 Å². The highest BCUT2D eigenvalue weighted by Crippen LogP contribution is 2.35. The summed E-state index contributed by atoms with van der Waals surface area (Å²) in [5, 5.41) is 2.70. The van der Waals surface area contributed by atoms with E-state index in [-0.39, 0.29) is 30.6 Å². The third-order valence-corrected chi connectivity index (χ3v) is 4.94. The number of anilines is 1. The number of nitrogens with one attached hydrogen (secondary N) is 1. The summed E-state index contributed by atoms with van der Waals surface area (Å²) < 4.78 is 10.6. The molecule has 132 valence electrons. The van der Waals surface area contributed by atoms with Gasteiger partial charge in [-0.05, 0) is 24.3 Å². The highest BCUT2D eigenvalue weighted by molar-refractivity contribution is 8.00. The van der Waals surface area contributed by atoms with Crippen molar-refractivity contribution in [2.75, 3.05) is 10.7 Å². The van der Waals surface area contributed by atoms with Crippen LogP contribution in [0, 0.1) is 0 Å². The molecule has 0 bridgehead atoms. The zero-order chi connectivity index (χ0) is 17.9. The second-order valence-electron chi connectivity index (χ2n) is 5.62. The van der Waals surface area contributed by atoms with E-state index in [1.165, 1.54) is 18.0 Å². The molecule has 0 radical (unpaired) electrons. The summed E-state index contributed by atoms with van der Waals surface area (Å²) in [6.07, 6.45) is 2.84. The van der Waals surface area contributed by atoms with Crippen molar-refractivity contribution in [3.63, 3.8) is 0 Å². The van der Waals surface area contributed by atoms with Crippen LogP contribution in [-0.2, 0) is 17.9 Å². The van der Waals surface area contributed by atoms with Crippen molar-refractivity contribution >= 4 is 29.3 Å². The fraction of sp³-hybridized carbons (Fsp3) is 0.167. The van der Waals surface area contributed by atoms with Gasteiger partial charge in [0.2, 0.25) is 11.8 Å². The molecule has 2 amide bonds. The lowest BCUT2D eigenvalue weighted by Gasteiger charge is -2.27. The number of fused-ring (bicyclic) bond motifs is 1. The lowest BCUT2D eigenvalue weighted by Crippen LogP contribution is -2.34. The van der Waals surface area contributed by atoms with Gasteiger partial charge in [-0.3, -0.25) is 9.59 Å². The first kappa shape index (κ1) is 16.5. The summed E-state index contributed by atoms with van der Waals surface area (Å²) in [5.74, 6) is 0.945. The summed E-state index contributed by atoms with van der Waals surface area (Å²) in [4.78, 5) is 31.3. The average Bonchev–Trinajstić information content (AvgIpc) is 3.34. The zero-order valence-corrected chi connectivity index (χ0v) is 14.5. The number of aromatic nitrogens is 1. The van der Waals surface area contributed by atoms with Gasteiger partial charge >= 0.3 is 0 Å². The molecular formula is C18H15N3O4S. The van der Waals surface area contributed by atoms with Crippen molar-refractivity contribution in [2.24, 2.45) is 0 Å². The van der Waals surface area contributed by atoms with E-state index in [9.17, 15) is 9.59 Å². The summed E-state index contributed by atoms with van der Waals surface area (Å²) in [6.45, 7) is 0.450. The molecule has 3 heterocycles. The number of benzene rings is 1. The van der Waals surface area contributed by atoms with Gasteiger partial charge in [0.1, 0.15) is 18.6 Å². The molecular weight excluding hydrogens is 354 g/mol. The third kappa shape index (κ3) is 3.36. The number of oxazole rings is 1. The van der Waals surface area contributed by atoms with Gasteiger partial charge in [-0.1, -0.05) is 12.1 Å². The maximum atomic E-state index is 12.3. The van der Waals surface area contributed by atoms with E-state index in [0.29, 0.717) is 17.4 Å². The normalized spacial score (nSPS) is 13.5. The number of carbonyl (C=O) groups excluding carboxylic acids is 2. The standard InChI is InChI=1S/C18H15N3O4S/c22-17-11-26-15-6-2-1-5-14(15)21(17)9-16-20-13(10-25-16)18(23)19-8-12-4-3-7-24-12/h1-7,10H,8-9,11H2,(H,19,23). The van der Waals surface area contributed by atoms with E-state index in [4.69, 9.17) is 8.83 Å². The van der Waals surface area contributed by atoms with Crippen molar-refractivity contribution in [2.45, 2.75) is 18.0 Å². The molecule has 0 spiro atoms. The lowest BCUT2D eigenvalue weighted by atomic mass is 10.2. The van der Waals surface area contributed by atoms with Crippen molar-refractivity contribution in [1.82, 2.24) is 10.3 Å². The van der Waals surface area contributed by atoms with Crippen LogP contribution in [0.15, 0.2) is 62.7 Å². The number of hydrogen-bond acceptors (Lipinski definition) is 6. The zero-order valence-electron chi connectivity index (χ0n) is 13.7. The first-order chi connectivity index (χ1) is 12.7. The number of carbonyl (C=O) groups is 2. The number of thioether (sulfide) groups is 1. The number of furan rings is 1. The quantitative estimate of drug-likeness (QED) is 0.744. The summed E-state index contributed by atoms with van der Waals surface area (Å²) in [5.41, 5.74) is 0.995. The Kier molecular flexibility index (Phi) is 4.49. The molecule has 0 unspecified atom stereocenters. The number of amides is 2. The number of hydrogen-bond donors (Lipinski definition) is 1. The molecule has 4 rings (SSSR count). The predicted octanol–water partition coefficient (Wildman–Crippen LogP) is 2.84. The van der Waals surface area contributed by atoms with Crippen LogP contribution in [-0.4, -0.2) is 22.6 Å². The number of rotatable bonds is 5. The molecule has 0 aliphatic carbocycles. The van der Waals surface area contributed by atoms with Gasteiger partial charge in [-0.25, -0.2) is 4.98 Å². The molecule has 8 heteroatoms. The van der Waals surface area contributed by atoms with Gasteiger partial charge in [0, 0.05) is 4.90 Å². The van der Waals surface area contributed by atoms with Gasteiger partial charge in [0.25, 0.3) is 5.91 Å². The Morgan fingerprint density at radius 2 is 2.12 bits per heavy atom. The molecule has 0 saturated carbocycles. The Labute approximate surface area is 153 Å². The van der Waals surface area contributed by atoms with Crippen LogP contribution >= 0.6 is 11.8 Å². The lowest BCUT2D eigenvalue weighted by molar-refractivity contribution is -0.116. The van der Waals surface area contributed by atoms with Crippen LogP contribution in [0.4, 0.5) is 5.69 Å². The third-order valence-electron chi connectivity index (χ3n) is 3.89. The van der Waals surface area contributed by atoms with Crippen LogP contribution < -0.4 is 10.2 Å². The molecule has 0 atom stereocenters. The second-order valence-corrected chi connectivity index (χ2v) is 6.64. The van der Waals surface area contributed by atoms with Crippen molar-refractivity contribution < 1.29 is 18.4 Å². The Hall–Kier alpha value is -3.00. The SMILES string of the molecule is O=C(NCc1ccco1)c1coc(CN2C(=O)CSc3ccccc32)n1. The summed E-state index contributed by atoms with van der Waals surface area (Å²) in [6, 6.07) is 11.2. The Morgan fingerprint density at radius 3 is 2.96 bits per heavy atom. The fourth-order valence-corrected chi connectivity index (χ4v) is 3.56. The van der Waals surface area contributed by atoms with Gasteiger partial charge in [-0.15, -0.1) is 11.8 Å². The maximum Gasteiger partial charge on any atom is 0.273 e. The highest BCUT2D eigenvalue weighted by atomic mass is 32.2. The highest BCUT2D eigenvalue weighted by Gasteiger charge is 2.26. The smallest absolute Gasteiger partial charge is 0.273 e. The van der Waals surface area contributed by atoms with E-state index < -0.39 is 0 Å². The first-order valence-electron chi connectivity index (χ1n) is 7.98. The predicted molar refractivity (Wildman–Crippen MR) is 94.7 cm³/mol. The maximum absolute atomic E-state index is 12.3. The molecule has 1 aliphatic rings. The van der Waals surface area contributed by atoms with Gasteiger partial charge in [0.05, 0.1) is 24.2 Å². The molecule has 7 nitrogen and oxygen atoms in total.